The summed E-state index contributed by atoms with van der Waals surface area (Å²) in [5.74, 6) is -0.327. The number of rotatable bonds is 4. The lowest BCUT2D eigenvalue weighted by molar-refractivity contribution is 0.152. The maximum absolute atomic E-state index is 13.6. The molecular formula is C17H26ClFN2. The van der Waals surface area contributed by atoms with Crippen LogP contribution in [0.3, 0.4) is 0 Å². The molecule has 4 heteroatoms. The first-order valence-corrected chi connectivity index (χ1v) is 8.30. The monoisotopic (exact) mass is 312 g/mol. The lowest BCUT2D eigenvalue weighted by atomic mass is 9.92. The molecular weight excluding hydrogens is 287 g/mol. The molecule has 0 amide bonds. The molecule has 21 heavy (non-hydrogen) atoms. The van der Waals surface area contributed by atoms with E-state index in [-0.39, 0.29) is 16.4 Å². The molecule has 1 aromatic carbocycles. The fraction of sp³-hybridized carbons (Fsp3) is 0.647. The van der Waals surface area contributed by atoms with Crippen LogP contribution in [0.15, 0.2) is 18.2 Å². The molecule has 1 saturated heterocycles. The van der Waals surface area contributed by atoms with Crippen molar-refractivity contribution < 1.29 is 4.39 Å². The second kappa shape index (κ2) is 7.08. The van der Waals surface area contributed by atoms with Gasteiger partial charge in [-0.15, -0.1) is 0 Å². The Morgan fingerprint density at radius 3 is 2.71 bits per heavy atom. The summed E-state index contributed by atoms with van der Waals surface area (Å²) in [4.78, 5) is 2.47. The third kappa shape index (κ3) is 3.97. The highest BCUT2D eigenvalue weighted by Gasteiger charge is 2.32. The second-order valence-corrected chi connectivity index (χ2v) is 6.61. The molecule has 118 valence electrons. The highest BCUT2D eigenvalue weighted by atomic mass is 35.5. The maximum atomic E-state index is 13.6. The molecule has 1 N–H and O–H groups in total. The van der Waals surface area contributed by atoms with Crippen LogP contribution < -0.4 is 5.32 Å². The van der Waals surface area contributed by atoms with Crippen LogP contribution in [0.2, 0.25) is 5.02 Å². The number of hydrogen-bond donors (Lipinski definition) is 1. The van der Waals surface area contributed by atoms with E-state index in [1.54, 1.807) is 12.1 Å². The van der Waals surface area contributed by atoms with E-state index in [1.807, 2.05) is 6.07 Å². The van der Waals surface area contributed by atoms with Gasteiger partial charge in [0, 0.05) is 24.7 Å². The summed E-state index contributed by atoms with van der Waals surface area (Å²) in [7, 11) is 0. The molecule has 0 saturated carbocycles. The van der Waals surface area contributed by atoms with Gasteiger partial charge in [0.1, 0.15) is 5.82 Å². The average molecular weight is 313 g/mol. The van der Waals surface area contributed by atoms with Crippen LogP contribution in [0.4, 0.5) is 4.39 Å². The number of benzene rings is 1. The Labute approximate surface area is 132 Å². The molecule has 1 atom stereocenters. The molecule has 0 aliphatic carbocycles. The van der Waals surface area contributed by atoms with Crippen molar-refractivity contribution in [3.8, 4) is 0 Å². The highest BCUT2D eigenvalue weighted by molar-refractivity contribution is 6.30. The van der Waals surface area contributed by atoms with Gasteiger partial charge in [-0.2, -0.15) is 0 Å². The van der Waals surface area contributed by atoms with Gasteiger partial charge in [0.2, 0.25) is 0 Å². The summed E-state index contributed by atoms with van der Waals surface area (Å²) >= 11 is 5.77. The SMILES string of the molecule is CCC1(CC)CN(Cc2ccc(Cl)c(F)c2)C(C)CCN1. The van der Waals surface area contributed by atoms with Gasteiger partial charge in [-0.05, 0) is 50.4 Å². The van der Waals surface area contributed by atoms with E-state index in [1.165, 1.54) is 0 Å². The molecule has 1 aliphatic rings. The van der Waals surface area contributed by atoms with Crippen molar-refractivity contribution in [3.05, 3.63) is 34.6 Å². The van der Waals surface area contributed by atoms with Gasteiger partial charge in [-0.1, -0.05) is 31.5 Å². The Morgan fingerprint density at radius 2 is 2.10 bits per heavy atom. The van der Waals surface area contributed by atoms with E-state index in [0.717, 1.165) is 44.5 Å². The predicted octanol–water partition coefficient (Wildman–Crippen LogP) is 4.22. The molecule has 1 fully saturated rings. The molecule has 1 heterocycles. The van der Waals surface area contributed by atoms with E-state index in [4.69, 9.17) is 11.6 Å². The Hall–Kier alpha value is -0.640. The van der Waals surface area contributed by atoms with Crippen molar-refractivity contribution in [3.63, 3.8) is 0 Å². The van der Waals surface area contributed by atoms with Crippen LogP contribution in [0, 0.1) is 5.82 Å². The van der Waals surface area contributed by atoms with Crippen molar-refractivity contribution >= 4 is 11.6 Å². The largest absolute Gasteiger partial charge is 0.310 e. The van der Waals surface area contributed by atoms with Gasteiger partial charge in [0.25, 0.3) is 0 Å². The minimum atomic E-state index is -0.327. The summed E-state index contributed by atoms with van der Waals surface area (Å²) in [6, 6.07) is 5.64. The Balaban J connectivity index is 2.16. The molecule has 1 aromatic rings. The first kappa shape index (κ1) is 16.7. The molecule has 0 spiro atoms. The third-order valence-electron chi connectivity index (χ3n) is 4.91. The highest BCUT2D eigenvalue weighted by Crippen LogP contribution is 2.25. The normalized spacial score (nSPS) is 23.0. The van der Waals surface area contributed by atoms with Crippen LogP contribution >= 0.6 is 11.6 Å². The molecule has 0 radical (unpaired) electrons. The van der Waals surface area contributed by atoms with Crippen molar-refractivity contribution in [1.29, 1.82) is 0 Å². The van der Waals surface area contributed by atoms with Gasteiger partial charge < -0.3 is 5.32 Å². The minimum absolute atomic E-state index is 0.176. The van der Waals surface area contributed by atoms with Crippen molar-refractivity contribution in [2.45, 2.75) is 58.2 Å². The van der Waals surface area contributed by atoms with Crippen LogP contribution in [0.5, 0.6) is 0 Å². The first-order valence-electron chi connectivity index (χ1n) is 7.92. The van der Waals surface area contributed by atoms with E-state index in [2.05, 4.69) is 31.0 Å². The van der Waals surface area contributed by atoms with Crippen LogP contribution in [0.25, 0.3) is 0 Å². The molecule has 1 aliphatic heterocycles. The molecule has 2 nitrogen and oxygen atoms in total. The average Bonchev–Trinajstić information content (AvgIpc) is 2.63. The van der Waals surface area contributed by atoms with Crippen LogP contribution in [-0.4, -0.2) is 29.6 Å². The number of nitrogens with one attached hydrogen (secondary N) is 1. The van der Waals surface area contributed by atoms with E-state index in [0.29, 0.717) is 6.04 Å². The van der Waals surface area contributed by atoms with E-state index < -0.39 is 0 Å². The fourth-order valence-corrected chi connectivity index (χ4v) is 3.25. The van der Waals surface area contributed by atoms with Crippen LogP contribution in [0.1, 0.15) is 45.6 Å². The summed E-state index contributed by atoms with van der Waals surface area (Å²) in [6.45, 7) is 9.58. The van der Waals surface area contributed by atoms with Crippen molar-refractivity contribution in [2.24, 2.45) is 0 Å². The van der Waals surface area contributed by atoms with E-state index in [9.17, 15) is 4.39 Å². The topological polar surface area (TPSA) is 15.3 Å². The molecule has 0 aromatic heterocycles. The lowest BCUT2D eigenvalue weighted by Gasteiger charge is -2.37. The van der Waals surface area contributed by atoms with Gasteiger partial charge in [-0.25, -0.2) is 4.39 Å². The second-order valence-electron chi connectivity index (χ2n) is 6.21. The maximum Gasteiger partial charge on any atom is 0.142 e. The van der Waals surface area contributed by atoms with E-state index >= 15 is 0 Å². The quantitative estimate of drug-likeness (QED) is 0.895. The summed E-state index contributed by atoms with van der Waals surface area (Å²) in [5.41, 5.74) is 1.17. The Bertz CT molecular complexity index is 474. The fourth-order valence-electron chi connectivity index (χ4n) is 3.14. The third-order valence-corrected chi connectivity index (χ3v) is 5.22. The Morgan fingerprint density at radius 1 is 1.38 bits per heavy atom. The first-order chi connectivity index (χ1) is 9.99. The smallest absolute Gasteiger partial charge is 0.142 e. The van der Waals surface area contributed by atoms with Crippen LogP contribution in [-0.2, 0) is 6.54 Å². The number of nitrogens with zero attached hydrogens (tertiary/aromatic N) is 1. The predicted molar refractivity (Wildman–Crippen MR) is 87.2 cm³/mol. The summed E-state index contributed by atoms with van der Waals surface area (Å²) in [6.07, 6.45) is 3.35. The van der Waals surface area contributed by atoms with Gasteiger partial charge in [-0.3, -0.25) is 4.90 Å². The van der Waals surface area contributed by atoms with Gasteiger partial charge >= 0.3 is 0 Å². The molecule has 1 unspecified atom stereocenters. The zero-order valence-corrected chi connectivity index (χ0v) is 14.0. The van der Waals surface area contributed by atoms with Gasteiger partial charge in [0.05, 0.1) is 5.02 Å². The molecule has 0 bridgehead atoms. The van der Waals surface area contributed by atoms with Crippen molar-refractivity contribution in [2.75, 3.05) is 13.1 Å². The number of halogens is 2. The summed E-state index contributed by atoms with van der Waals surface area (Å²) in [5, 5.41) is 3.92. The lowest BCUT2D eigenvalue weighted by Crippen LogP contribution is -2.51. The zero-order valence-electron chi connectivity index (χ0n) is 13.3. The molecule has 2 rings (SSSR count). The minimum Gasteiger partial charge on any atom is -0.310 e. The van der Waals surface area contributed by atoms with Crippen molar-refractivity contribution in [1.82, 2.24) is 10.2 Å². The zero-order chi connectivity index (χ0) is 15.5. The number of hydrogen-bond acceptors (Lipinski definition) is 2. The summed E-state index contributed by atoms with van der Waals surface area (Å²) < 4.78 is 13.6. The standard InChI is InChI=1S/C17H26ClFN2/c1-4-17(5-2)12-21(13(3)8-9-20-17)11-14-6-7-15(18)16(19)10-14/h6-7,10,13,20H,4-5,8-9,11-12H2,1-3H3. The Kier molecular flexibility index (Phi) is 5.64. The van der Waals surface area contributed by atoms with Gasteiger partial charge in [0.15, 0.2) is 0 Å².